The van der Waals surface area contributed by atoms with Gasteiger partial charge in [-0.3, -0.25) is 0 Å². The summed E-state index contributed by atoms with van der Waals surface area (Å²) in [7, 11) is 2.97. The molecule has 5 N–H and O–H groups in total. The van der Waals surface area contributed by atoms with Gasteiger partial charge in [0.2, 0.25) is 12.0 Å². The van der Waals surface area contributed by atoms with E-state index in [0.717, 1.165) is 19.4 Å². The van der Waals surface area contributed by atoms with Crippen molar-refractivity contribution in [3.05, 3.63) is 18.2 Å². The van der Waals surface area contributed by atoms with E-state index in [1.54, 1.807) is 25.1 Å². The summed E-state index contributed by atoms with van der Waals surface area (Å²) in [6, 6.07) is 5.10. The molecule has 0 spiro atoms. The third kappa shape index (κ3) is 8.92. The van der Waals surface area contributed by atoms with E-state index in [2.05, 4.69) is 12.2 Å². The summed E-state index contributed by atoms with van der Waals surface area (Å²) in [5.41, 5.74) is -0.710. The van der Waals surface area contributed by atoms with Crippen LogP contribution >= 0.6 is 0 Å². The van der Waals surface area contributed by atoms with Gasteiger partial charge in [-0.05, 0) is 38.9 Å². The molecule has 0 saturated carbocycles. The lowest BCUT2D eigenvalue weighted by molar-refractivity contribution is -0.334. The first-order valence-corrected chi connectivity index (χ1v) is 15.4. The van der Waals surface area contributed by atoms with Crippen molar-refractivity contribution in [2.45, 2.75) is 133 Å². The van der Waals surface area contributed by atoms with Crippen LogP contribution in [0.5, 0.6) is 17.2 Å². The zero-order valence-corrected chi connectivity index (χ0v) is 25.9. The van der Waals surface area contributed by atoms with Crippen LogP contribution < -0.4 is 19.5 Å². The van der Waals surface area contributed by atoms with Crippen LogP contribution in [0.15, 0.2) is 18.2 Å². The number of benzene rings is 1. The Morgan fingerprint density at radius 3 is 2.14 bits per heavy atom. The van der Waals surface area contributed by atoms with Crippen LogP contribution in [0, 0.1) is 0 Å². The highest BCUT2D eigenvalue weighted by molar-refractivity contribution is 5.51. The van der Waals surface area contributed by atoms with Crippen molar-refractivity contribution in [3.8, 4) is 17.2 Å². The molecule has 1 aromatic rings. The molecule has 0 unspecified atom stereocenters. The Kier molecular flexibility index (Phi) is 14.0. The van der Waals surface area contributed by atoms with Crippen molar-refractivity contribution in [1.29, 1.82) is 0 Å². The van der Waals surface area contributed by atoms with Gasteiger partial charge in [-0.15, -0.1) is 0 Å². The molecule has 3 rings (SSSR count). The third-order valence-corrected chi connectivity index (χ3v) is 8.36. The zero-order valence-electron chi connectivity index (χ0n) is 25.9. The van der Waals surface area contributed by atoms with E-state index in [9.17, 15) is 20.4 Å². The van der Waals surface area contributed by atoms with Gasteiger partial charge in [0.1, 0.15) is 18.3 Å². The molecule has 42 heavy (non-hydrogen) atoms. The van der Waals surface area contributed by atoms with Crippen LogP contribution in [0.3, 0.4) is 0 Å². The summed E-state index contributed by atoms with van der Waals surface area (Å²) in [6.45, 7) is 6.13. The van der Waals surface area contributed by atoms with Crippen molar-refractivity contribution in [3.63, 3.8) is 0 Å². The standard InChI is InChI=1S/C31H53NO10/c1-6-7-8-9-10-11-12-13-17-32-31(3)18-24(39-20(2)29(31)36)41-28-26(35)25(34)23(19-33)40-30(28)42-27-21(37-4)15-14-16-22(27)38-5/h14-16,20,23-26,28-30,32-36H,6-13,17-19H2,1-5H3/t20-,23+,24-,25+,26-,28+,29+,30-,31-/m0/s1. The van der Waals surface area contributed by atoms with Crippen LogP contribution in [0.1, 0.15) is 78.6 Å². The molecule has 0 aliphatic carbocycles. The molecule has 2 aliphatic heterocycles. The summed E-state index contributed by atoms with van der Waals surface area (Å²) in [6.07, 6.45) is 1.30. The molecular weight excluding hydrogens is 546 g/mol. The smallest absolute Gasteiger partial charge is 0.230 e. The van der Waals surface area contributed by atoms with E-state index in [-0.39, 0.29) is 12.2 Å². The van der Waals surface area contributed by atoms with Gasteiger partial charge in [0.15, 0.2) is 23.9 Å². The summed E-state index contributed by atoms with van der Waals surface area (Å²) in [5.74, 6) is 0.939. The predicted octanol–water partition coefficient (Wildman–Crippen LogP) is 2.89. The van der Waals surface area contributed by atoms with Gasteiger partial charge in [0.05, 0.1) is 33.0 Å². The average Bonchev–Trinajstić information content (AvgIpc) is 2.98. The molecule has 11 nitrogen and oxygen atoms in total. The largest absolute Gasteiger partial charge is 0.493 e. The van der Waals surface area contributed by atoms with Crippen LogP contribution in [-0.4, -0.2) is 103 Å². The second-order valence-corrected chi connectivity index (χ2v) is 11.7. The van der Waals surface area contributed by atoms with Crippen LogP contribution in [0.4, 0.5) is 0 Å². The number of unbranched alkanes of at least 4 members (excludes halogenated alkanes) is 7. The van der Waals surface area contributed by atoms with E-state index in [4.69, 9.17) is 28.4 Å². The maximum Gasteiger partial charge on any atom is 0.230 e. The Hall–Kier alpha value is -1.70. The highest BCUT2D eigenvalue weighted by atomic mass is 16.8. The van der Waals surface area contributed by atoms with Gasteiger partial charge < -0.3 is 54.2 Å². The number of rotatable bonds is 17. The lowest BCUT2D eigenvalue weighted by Crippen LogP contribution is -2.65. The molecule has 2 heterocycles. The minimum Gasteiger partial charge on any atom is -0.493 e. The minimum atomic E-state index is -1.47. The maximum absolute atomic E-state index is 11.1. The van der Waals surface area contributed by atoms with E-state index in [1.165, 1.54) is 52.7 Å². The van der Waals surface area contributed by atoms with Crippen LogP contribution in [-0.2, 0) is 14.2 Å². The highest BCUT2D eigenvalue weighted by Crippen LogP contribution is 2.40. The normalized spacial score (nSPS) is 33.4. The van der Waals surface area contributed by atoms with Crippen molar-refractivity contribution in [2.75, 3.05) is 27.4 Å². The Morgan fingerprint density at radius 1 is 0.929 bits per heavy atom. The van der Waals surface area contributed by atoms with E-state index < -0.39 is 61.3 Å². The number of aliphatic hydroxyl groups is 4. The molecule has 2 aliphatic rings. The van der Waals surface area contributed by atoms with Gasteiger partial charge in [-0.1, -0.05) is 57.9 Å². The zero-order chi connectivity index (χ0) is 30.7. The summed E-state index contributed by atoms with van der Waals surface area (Å²) in [5, 5.41) is 46.1. The van der Waals surface area contributed by atoms with Crippen molar-refractivity contribution in [2.24, 2.45) is 0 Å². The molecule has 0 bridgehead atoms. The highest BCUT2D eigenvalue weighted by Gasteiger charge is 2.51. The molecule has 1 aromatic carbocycles. The molecule has 0 aromatic heterocycles. The van der Waals surface area contributed by atoms with Crippen molar-refractivity contribution >= 4 is 0 Å². The molecule has 0 radical (unpaired) electrons. The Morgan fingerprint density at radius 2 is 1.55 bits per heavy atom. The number of aliphatic hydroxyl groups excluding tert-OH is 4. The lowest BCUT2D eigenvalue weighted by atomic mass is 9.84. The van der Waals surface area contributed by atoms with E-state index in [0.29, 0.717) is 11.5 Å². The third-order valence-electron chi connectivity index (χ3n) is 8.36. The number of para-hydroxylation sites is 1. The second-order valence-electron chi connectivity index (χ2n) is 11.7. The fourth-order valence-corrected chi connectivity index (χ4v) is 5.76. The Labute approximate surface area is 250 Å². The number of methoxy groups -OCH3 is 2. The van der Waals surface area contributed by atoms with Crippen molar-refractivity contribution in [1.82, 2.24) is 5.32 Å². The van der Waals surface area contributed by atoms with Gasteiger partial charge >= 0.3 is 0 Å². The quantitative estimate of drug-likeness (QED) is 0.168. The monoisotopic (exact) mass is 599 g/mol. The molecular formula is C31H53NO10. The van der Waals surface area contributed by atoms with Gasteiger partial charge in [0, 0.05) is 12.0 Å². The fraction of sp³-hybridized carbons (Fsp3) is 0.806. The molecule has 2 fully saturated rings. The van der Waals surface area contributed by atoms with Crippen molar-refractivity contribution < 1.29 is 48.8 Å². The molecule has 242 valence electrons. The average molecular weight is 600 g/mol. The fourth-order valence-electron chi connectivity index (χ4n) is 5.76. The first-order valence-electron chi connectivity index (χ1n) is 15.4. The number of hydrogen-bond donors (Lipinski definition) is 5. The molecule has 11 heteroatoms. The summed E-state index contributed by atoms with van der Waals surface area (Å²) >= 11 is 0. The molecule has 9 atom stereocenters. The van der Waals surface area contributed by atoms with Crippen LogP contribution in [0.2, 0.25) is 0 Å². The Bertz CT molecular complexity index is 899. The van der Waals surface area contributed by atoms with Gasteiger partial charge in [0.25, 0.3) is 0 Å². The number of nitrogens with one attached hydrogen (secondary N) is 1. The van der Waals surface area contributed by atoms with Gasteiger partial charge in [-0.2, -0.15) is 0 Å². The van der Waals surface area contributed by atoms with E-state index in [1.807, 2.05) is 6.92 Å². The lowest BCUT2D eigenvalue weighted by Gasteiger charge is -2.48. The van der Waals surface area contributed by atoms with Crippen LogP contribution in [0.25, 0.3) is 0 Å². The second kappa shape index (κ2) is 17.0. The minimum absolute atomic E-state index is 0.214. The number of hydrogen-bond acceptors (Lipinski definition) is 11. The summed E-state index contributed by atoms with van der Waals surface area (Å²) < 4.78 is 35.1. The first-order chi connectivity index (χ1) is 20.2. The maximum atomic E-state index is 11.1. The SMILES string of the molecule is CCCCCCCCCCN[C@@]1(C)C[C@H](O[C@H]2[C@H](Oc3c(OC)cccc3OC)O[C@H](CO)[C@@H](O)[C@@H]2O)O[C@@H](C)[C@H]1O. The molecule has 2 saturated heterocycles. The number of ether oxygens (including phenoxy) is 6. The predicted molar refractivity (Wildman–Crippen MR) is 157 cm³/mol. The topological polar surface area (TPSA) is 148 Å². The first kappa shape index (κ1) is 34.8. The van der Waals surface area contributed by atoms with Gasteiger partial charge in [-0.25, -0.2) is 0 Å². The molecule has 0 amide bonds. The van der Waals surface area contributed by atoms with E-state index >= 15 is 0 Å². The Balaban J connectivity index is 1.68. The summed E-state index contributed by atoms with van der Waals surface area (Å²) in [4.78, 5) is 0.